The second-order valence-electron chi connectivity index (χ2n) is 8.49. The molecule has 5 nitrogen and oxygen atoms in total. The van der Waals surface area contributed by atoms with Gasteiger partial charge in [-0.3, -0.25) is 9.10 Å². The number of thioether (sulfide) groups is 1. The minimum Gasteiger partial charge on any atom is -0.324 e. The number of carbonyl (C=O) groups excluding carboxylic acids is 1. The Morgan fingerprint density at radius 3 is 2.24 bits per heavy atom. The predicted molar refractivity (Wildman–Crippen MR) is 143 cm³/mol. The molecule has 0 saturated carbocycles. The van der Waals surface area contributed by atoms with Crippen LogP contribution in [0.2, 0.25) is 0 Å². The van der Waals surface area contributed by atoms with Crippen LogP contribution in [-0.2, 0) is 20.6 Å². The molecule has 0 spiro atoms. The fourth-order valence-electron chi connectivity index (χ4n) is 3.78. The van der Waals surface area contributed by atoms with Crippen LogP contribution in [0.1, 0.15) is 35.6 Å². The standard InChI is InChI=1S/C27H32N2O3S2/c1-6-26(29(34(5,31)32)23-14-12-19(2)20(3)17-23)27(30)28-25-15-13-22(16-21(25)4)18-33-24-10-8-7-9-11-24/h7-17,26H,6,18H2,1-5H3,(H,28,30). The number of amides is 1. The number of hydrogen-bond acceptors (Lipinski definition) is 4. The van der Waals surface area contributed by atoms with E-state index >= 15 is 0 Å². The van der Waals surface area contributed by atoms with Crippen molar-refractivity contribution in [3.05, 3.63) is 89.0 Å². The quantitative estimate of drug-likeness (QED) is 0.364. The average Bonchev–Trinajstić information content (AvgIpc) is 2.79. The first kappa shape index (κ1) is 25.8. The van der Waals surface area contributed by atoms with E-state index in [9.17, 15) is 13.2 Å². The van der Waals surface area contributed by atoms with Crippen molar-refractivity contribution in [1.82, 2.24) is 0 Å². The Kier molecular flexibility index (Phi) is 8.44. The van der Waals surface area contributed by atoms with Gasteiger partial charge in [-0.2, -0.15) is 0 Å². The zero-order valence-corrected chi connectivity index (χ0v) is 22.0. The molecule has 0 bridgehead atoms. The summed E-state index contributed by atoms with van der Waals surface area (Å²) in [7, 11) is -3.68. The van der Waals surface area contributed by atoms with Crippen molar-refractivity contribution >= 4 is 39.1 Å². The van der Waals surface area contributed by atoms with Crippen LogP contribution in [0.4, 0.5) is 11.4 Å². The van der Waals surface area contributed by atoms with E-state index in [4.69, 9.17) is 0 Å². The van der Waals surface area contributed by atoms with Gasteiger partial charge in [-0.25, -0.2) is 8.42 Å². The highest BCUT2D eigenvalue weighted by atomic mass is 32.2. The first-order valence-corrected chi connectivity index (χ1v) is 14.1. The molecule has 3 rings (SSSR count). The van der Waals surface area contributed by atoms with Gasteiger partial charge in [0.1, 0.15) is 6.04 Å². The number of carbonyl (C=O) groups is 1. The first-order chi connectivity index (χ1) is 16.1. The average molecular weight is 497 g/mol. The Labute approximate surface area is 207 Å². The molecule has 1 N–H and O–H groups in total. The number of rotatable bonds is 9. The lowest BCUT2D eigenvalue weighted by molar-refractivity contribution is -0.117. The van der Waals surface area contributed by atoms with E-state index < -0.39 is 16.1 Å². The number of anilines is 2. The summed E-state index contributed by atoms with van der Waals surface area (Å²) in [5, 5.41) is 2.96. The molecule has 1 unspecified atom stereocenters. The third-order valence-corrected chi connectivity index (χ3v) is 8.04. The second kappa shape index (κ2) is 11.1. The highest BCUT2D eigenvalue weighted by molar-refractivity contribution is 7.98. The van der Waals surface area contributed by atoms with Crippen molar-refractivity contribution in [2.75, 3.05) is 15.9 Å². The number of nitrogens with one attached hydrogen (secondary N) is 1. The lowest BCUT2D eigenvalue weighted by Crippen LogP contribution is -2.47. The summed E-state index contributed by atoms with van der Waals surface area (Å²) in [5.41, 5.74) is 5.32. The maximum Gasteiger partial charge on any atom is 0.248 e. The Morgan fingerprint density at radius 1 is 0.941 bits per heavy atom. The monoisotopic (exact) mass is 496 g/mol. The maximum absolute atomic E-state index is 13.3. The van der Waals surface area contributed by atoms with E-state index in [1.54, 1.807) is 17.8 Å². The maximum atomic E-state index is 13.3. The van der Waals surface area contributed by atoms with E-state index in [1.807, 2.05) is 70.2 Å². The summed E-state index contributed by atoms with van der Waals surface area (Å²) in [6.07, 6.45) is 1.49. The Balaban J connectivity index is 1.79. The fourth-order valence-corrected chi connectivity index (χ4v) is 5.84. The van der Waals surface area contributed by atoms with Crippen LogP contribution in [0.15, 0.2) is 71.6 Å². The molecule has 0 saturated heterocycles. The second-order valence-corrected chi connectivity index (χ2v) is 11.4. The Hall–Kier alpha value is -2.77. The predicted octanol–water partition coefficient (Wildman–Crippen LogP) is 6.09. The van der Waals surface area contributed by atoms with Gasteiger partial charge in [0.05, 0.1) is 11.9 Å². The summed E-state index contributed by atoms with van der Waals surface area (Å²) in [6, 6.07) is 20.8. The topological polar surface area (TPSA) is 66.5 Å². The van der Waals surface area contributed by atoms with Crippen LogP contribution in [0.5, 0.6) is 0 Å². The van der Waals surface area contributed by atoms with Crippen LogP contribution in [0, 0.1) is 20.8 Å². The summed E-state index contributed by atoms with van der Waals surface area (Å²) in [5.74, 6) is 0.478. The van der Waals surface area contributed by atoms with Gasteiger partial charge in [0.25, 0.3) is 0 Å². The number of benzene rings is 3. The molecule has 34 heavy (non-hydrogen) atoms. The lowest BCUT2D eigenvalue weighted by atomic mass is 10.1. The highest BCUT2D eigenvalue weighted by Crippen LogP contribution is 2.28. The third-order valence-electron chi connectivity index (χ3n) is 5.77. The molecule has 0 aliphatic rings. The Bertz CT molecular complexity index is 1260. The molecular weight excluding hydrogens is 464 g/mol. The highest BCUT2D eigenvalue weighted by Gasteiger charge is 2.32. The van der Waals surface area contributed by atoms with Crippen LogP contribution >= 0.6 is 11.8 Å². The van der Waals surface area contributed by atoms with Gasteiger partial charge in [-0.05, 0) is 79.8 Å². The molecule has 0 aromatic heterocycles. The van der Waals surface area contributed by atoms with Gasteiger partial charge in [-0.15, -0.1) is 11.8 Å². The van der Waals surface area contributed by atoms with Crippen molar-refractivity contribution in [1.29, 1.82) is 0 Å². The minimum absolute atomic E-state index is 0.344. The van der Waals surface area contributed by atoms with E-state index in [1.165, 1.54) is 9.20 Å². The van der Waals surface area contributed by atoms with Crippen molar-refractivity contribution in [3.8, 4) is 0 Å². The summed E-state index contributed by atoms with van der Waals surface area (Å²) >= 11 is 1.76. The SMILES string of the molecule is CCC(C(=O)Nc1ccc(CSc2ccccc2)cc1C)N(c1ccc(C)c(C)c1)S(C)(=O)=O. The summed E-state index contributed by atoms with van der Waals surface area (Å²) in [6.45, 7) is 7.67. The Morgan fingerprint density at radius 2 is 1.65 bits per heavy atom. The van der Waals surface area contributed by atoms with E-state index in [0.29, 0.717) is 17.8 Å². The number of aryl methyl sites for hydroxylation is 3. The minimum atomic E-state index is -3.68. The van der Waals surface area contributed by atoms with Crippen molar-refractivity contribution < 1.29 is 13.2 Å². The third kappa shape index (κ3) is 6.42. The molecule has 1 amide bonds. The number of hydrogen-bond donors (Lipinski definition) is 1. The van der Waals surface area contributed by atoms with Crippen LogP contribution < -0.4 is 9.62 Å². The molecule has 0 aliphatic heterocycles. The van der Waals surface area contributed by atoms with Crippen molar-refractivity contribution in [3.63, 3.8) is 0 Å². The van der Waals surface area contributed by atoms with Gasteiger partial charge < -0.3 is 5.32 Å². The molecule has 0 heterocycles. The zero-order valence-electron chi connectivity index (χ0n) is 20.3. The zero-order chi connectivity index (χ0) is 24.9. The van der Waals surface area contributed by atoms with Gasteiger partial charge in [0.15, 0.2) is 0 Å². The molecule has 3 aromatic rings. The molecule has 180 valence electrons. The van der Waals surface area contributed by atoms with Gasteiger partial charge in [-0.1, -0.05) is 43.3 Å². The van der Waals surface area contributed by atoms with Gasteiger partial charge in [0.2, 0.25) is 15.9 Å². The lowest BCUT2D eigenvalue weighted by Gasteiger charge is -2.30. The molecule has 7 heteroatoms. The molecule has 0 radical (unpaired) electrons. The summed E-state index contributed by atoms with van der Waals surface area (Å²) < 4.78 is 26.7. The molecule has 0 aliphatic carbocycles. The van der Waals surface area contributed by atoms with Crippen LogP contribution in [0.25, 0.3) is 0 Å². The normalized spacial score (nSPS) is 12.3. The smallest absolute Gasteiger partial charge is 0.248 e. The van der Waals surface area contributed by atoms with E-state index in [-0.39, 0.29) is 5.91 Å². The van der Waals surface area contributed by atoms with E-state index in [2.05, 4.69) is 23.5 Å². The molecule has 1 atom stereocenters. The van der Waals surface area contributed by atoms with Crippen molar-refractivity contribution in [2.24, 2.45) is 0 Å². The number of nitrogens with zero attached hydrogens (tertiary/aromatic N) is 1. The van der Waals surface area contributed by atoms with E-state index in [0.717, 1.165) is 34.3 Å². The van der Waals surface area contributed by atoms with Gasteiger partial charge >= 0.3 is 0 Å². The van der Waals surface area contributed by atoms with Crippen LogP contribution in [-0.4, -0.2) is 26.6 Å². The molecule has 3 aromatic carbocycles. The van der Waals surface area contributed by atoms with Crippen molar-refractivity contribution in [2.45, 2.75) is 50.8 Å². The fraction of sp³-hybridized carbons (Fsp3) is 0.296. The molecular formula is C27H32N2O3S2. The number of sulfonamides is 1. The summed E-state index contributed by atoms with van der Waals surface area (Å²) in [4.78, 5) is 14.5. The molecule has 0 fully saturated rings. The van der Waals surface area contributed by atoms with Crippen LogP contribution in [0.3, 0.4) is 0 Å². The largest absolute Gasteiger partial charge is 0.324 e. The van der Waals surface area contributed by atoms with Gasteiger partial charge in [0, 0.05) is 16.3 Å². The first-order valence-electron chi connectivity index (χ1n) is 11.2.